The Balaban J connectivity index is 1.61. The van der Waals surface area contributed by atoms with Gasteiger partial charge in [0.1, 0.15) is 0 Å². The summed E-state index contributed by atoms with van der Waals surface area (Å²) in [6.07, 6.45) is 5.67. The van der Waals surface area contributed by atoms with Crippen molar-refractivity contribution in [2.24, 2.45) is 0 Å². The third-order valence-corrected chi connectivity index (χ3v) is 6.01. The largest absolute Gasteiger partial charge is 0.352 e. The zero-order chi connectivity index (χ0) is 21.2. The van der Waals surface area contributed by atoms with Gasteiger partial charge in [-0.25, -0.2) is 0 Å². The average molecular weight is 446 g/mol. The van der Waals surface area contributed by atoms with E-state index in [-0.39, 0.29) is 12.1 Å². The molecule has 5 rings (SSSR count). The first-order chi connectivity index (χ1) is 15.2. The van der Waals surface area contributed by atoms with Crippen LogP contribution in [0.4, 0.5) is 0 Å². The Morgan fingerprint density at radius 2 is 1.77 bits per heavy atom. The molecule has 0 bridgehead atoms. The summed E-state index contributed by atoms with van der Waals surface area (Å²) in [5.41, 5.74) is 4.00. The third-order valence-electron chi connectivity index (χ3n) is 5.43. The zero-order valence-corrected chi connectivity index (χ0v) is 18.2. The lowest BCUT2D eigenvalue weighted by atomic mass is 10.0. The van der Waals surface area contributed by atoms with Gasteiger partial charge >= 0.3 is 0 Å². The highest BCUT2D eigenvalue weighted by Crippen LogP contribution is 2.40. The molecule has 2 atom stereocenters. The Labute approximate surface area is 191 Å². The van der Waals surface area contributed by atoms with Crippen LogP contribution in [-0.4, -0.2) is 24.5 Å². The maximum atomic E-state index is 6.28. The zero-order valence-electron chi connectivity index (χ0n) is 16.6. The van der Waals surface area contributed by atoms with Crippen molar-refractivity contribution in [1.29, 1.82) is 0 Å². The van der Waals surface area contributed by atoms with E-state index in [9.17, 15) is 0 Å². The average Bonchev–Trinajstić information content (AvgIpc) is 3.40. The smallest absolute Gasteiger partial charge is 0.170 e. The second kappa shape index (κ2) is 8.49. The van der Waals surface area contributed by atoms with E-state index in [4.69, 9.17) is 23.8 Å². The van der Waals surface area contributed by atoms with E-state index in [2.05, 4.69) is 43.1 Å². The van der Waals surface area contributed by atoms with E-state index in [1.165, 1.54) is 0 Å². The van der Waals surface area contributed by atoms with Crippen molar-refractivity contribution in [2.45, 2.75) is 18.6 Å². The number of hydrogen-bond donors (Lipinski definition) is 1. The number of nitrogens with one attached hydrogen (secondary N) is 1. The molecule has 1 aliphatic rings. The van der Waals surface area contributed by atoms with E-state index in [0.29, 0.717) is 16.7 Å². The maximum absolute atomic E-state index is 6.28. The molecule has 4 heterocycles. The molecule has 0 aliphatic carbocycles. The second-order valence-electron chi connectivity index (χ2n) is 7.36. The van der Waals surface area contributed by atoms with Crippen LogP contribution in [0.1, 0.15) is 29.2 Å². The van der Waals surface area contributed by atoms with Gasteiger partial charge in [0.15, 0.2) is 5.11 Å². The molecule has 7 heteroatoms. The molecule has 0 spiro atoms. The highest BCUT2D eigenvalue weighted by Gasteiger charge is 2.41. The fraction of sp³-hybridized carbons (Fsp3) is 0.125. The van der Waals surface area contributed by atoms with Gasteiger partial charge in [-0.1, -0.05) is 29.8 Å². The van der Waals surface area contributed by atoms with Gasteiger partial charge in [0.05, 0.1) is 30.0 Å². The summed E-state index contributed by atoms with van der Waals surface area (Å²) in [5.74, 6) is 0. The van der Waals surface area contributed by atoms with Gasteiger partial charge in [-0.2, -0.15) is 0 Å². The predicted molar refractivity (Wildman–Crippen MR) is 126 cm³/mol. The first kappa shape index (κ1) is 19.7. The van der Waals surface area contributed by atoms with Crippen molar-refractivity contribution in [1.82, 2.24) is 24.8 Å². The predicted octanol–water partition coefficient (Wildman–Crippen LogP) is 5.09. The Bertz CT molecular complexity index is 1190. The van der Waals surface area contributed by atoms with E-state index >= 15 is 0 Å². The Morgan fingerprint density at radius 3 is 2.52 bits per heavy atom. The van der Waals surface area contributed by atoms with Gasteiger partial charge in [0.2, 0.25) is 0 Å². The second-order valence-corrected chi connectivity index (χ2v) is 8.18. The van der Waals surface area contributed by atoms with Gasteiger partial charge < -0.3 is 14.8 Å². The summed E-state index contributed by atoms with van der Waals surface area (Å²) in [4.78, 5) is 11.3. The minimum absolute atomic E-state index is 0.0709. The lowest BCUT2D eigenvalue weighted by Crippen LogP contribution is -2.30. The molecule has 0 radical (unpaired) electrons. The molecule has 0 unspecified atom stereocenters. The molecule has 0 amide bonds. The Morgan fingerprint density at radius 1 is 0.935 bits per heavy atom. The monoisotopic (exact) mass is 445 g/mol. The maximum Gasteiger partial charge on any atom is 0.170 e. The van der Waals surface area contributed by atoms with Gasteiger partial charge in [0, 0.05) is 35.0 Å². The molecular weight excluding hydrogens is 426 g/mol. The standard InChI is InChI=1S/C24H20ClN5S/c25-17-7-5-9-19(15-17)29-14-6-11-21(29)23-22(20-10-2-4-13-27-20)28-24(31)30(23)16-18-8-1-3-12-26-18/h1-15,22-23H,16H2,(H,28,31)/t22-,23+/m1/s1. The van der Waals surface area contributed by atoms with Gasteiger partial charge in [0.25, 0.3) is 0 Å². The topological polar surface area (TPSA) is 46.0 Å². The molecule has 5 nitrogen and oxygen atoms in total. The summed E-state index contributed by atoms with van der Waals surface area (Å²) in [6, 6.07) is 23.8. The number of benzene rings is 1. The van der Waals surface area contributed by atoms with Crippen molar-refractivity contribution in [3.8, 4) is 5.69 Å². The normalized spacial score (nSPS) is 18.2. The number of nitrogens with zero attached hydrogens (tertiary/aromatic N) is 4. The van der Waals surface area contributed by atoms with Crippen LogP contribution in [0.3, 0.4) is 0 Å². The molecule has 1 N–H and O–H groups in total. The van der Waals surface area contributed by atoms with Crippen LogP contribution >= 0.6 is 23.8 Å². The quantitative estimate of drug-likeness (QED) is 0.433. The molecule has 1 aliphatic heterocycles. The van der Waals surface area contributed by atoms with Crippen LogP contribution in [-0.2, 0) is 6.54 Å². The summed E-state index contributed by atoms with van der Waals surface area (Å²) < 4.78 is 2.16. The first-order valence-electron chi connectivity index (χ1n) is 10.0. The van der Waals surface area contributed by atoms with E-state index < -0.39 is 0 Å². The van der Waals surface area contributed by atoms with Gasteiger partial charge in [-0.05, 0) is 66.8 Å². The van der Waals surface area contributed by atoms with Crippen LogP contribution < -0.4 is 5.32 Å². The van der Waals surface area contributed by atoms with Crippen molar-refractivity contribution in [3.63, 3.8) is 0 Å². The fourth-order valence-electron chi connectivity index (χ4n) is 4.06. The first-order valence-corrected chi connectivity index (χ1v) is 10.8. The van der Waals surface area contributed by atoms with Crippen molar-refractivity contribution in [2.75, 3.05) is 0 Å². The van der Waals surface area contributed by atoms with E-state index in [1.54, 1.807) is 0 Å². The van der Waals surface area contributed by atoms with Crippen LogP contribution in [0, 0.1) is 0 Å². The summed E-state index contributed by atoms with van der Waals surface area (Å²) >= 11 is 12.1. The van der Waals surface area contributed by atoms with Gasteiger partial charge in [-0.3, -0.25) is 9.97 Å². The number of rotatable bonds is 5. The number of aromatic nitrogens is 3. The summed E-state index contributed by atoms with van der Waals surface area (Å²) in [7, 11) is 0. The minimum atomic E-state index is -0.0924. The van der Waals surface area contributed by atoms with Crippen molar-refractivity contribution < 1.29 is 0 Å². The van der Waals surface area contributed by atoms with Gasteiger partial charge in [-0.15, -0.1) is 0 Å². The number of hydrogen-bond acceptors (Lipinski definition) is 3. The lowest BCUT2D eigenvalue weighted by molar-refractivity contribution is 0.299. The molecule has 3 aromatic heterocycles. The van der Waals surface area contributed by atoms with Crippen LogP contribution in [0.5, 0.6) is 0 Å². The SMILES string of the molecule is S=C1N[C@H](c2ccccn2)[C@H](c2cccn2-c2cccc(Cl)c2)N1Cc1ccccn1. The molecule has 4 aromatic rings. The molecule has 1 fully saturated rings. The van der Waals surface area contributed by atoms with Crippen LogP contribution in [0.15, 0.2) is 91.4 Å². The minimum Gasteiger partial charge on any atom is -0.352 e. The number of pyridine rings is 2. The Kier molecular flexibility index (Phi) is 5.40. The van der Waals surface area contributed by atoms with Crippen molar-refractivity contribution in [3.05, 3.63) is 113 Å². The summed E-state index contributed by atoms with van der Waals surface area (Å²) in [5, 5.41) is 4.88. The Hall–Kier alpha value is -3.22. The fourth-order valence-corrected chi connectivity index (χ4v) is 4.55. The third kappa shape index (κ3) is 3.92. The molecule has 0 saturated carbocycles. The van der Waals surface area contributed by atoms with Crippen LogP contribution in [0.2, 0.25) is 5.02 Å². The van der Waals surface area contributed by atoms with E-state index in [0.717, 1.165) is 22.8 Å². The molecule has 1 aromatic carbocycles. The molecular formula is C24H20ClN5S. The lowest BCUT2D eigenvalue weighted by Gasteiger charge is -2.28. The highest BCUT2D eigenvalue weighted by molar-refractivity contribution is 7.80. The van der Waals surface area contributed by atoms with Crippen molar-refractivity contribution >= 4 is 28.9 Å². The number of thiocarbonyl (C=S) groups is 1. The summed E-state index contributed by atoms with van der Waals surface area (Å²) in [6.45, 7) is 0.599. The van der Waals surface area contributed by atoms with Crippen LogP contribution in [0.25, 0.3) is 5.69 Å². The highest BCUT2D eigenvalue weighted by atomic mass is 35.5. The molecule has 154 valence electrons. The number of halogens is 1. The molecule has 1 saturated heterocycles. The van der Waals surface area contributed by atoms with E-state index in [1.807, 2.05) is 73.1 Å². The molecule has 31 heavy (non-hydrogen) atoms.